The third kappa shape index (κ3) is 3.77. The van der Waals surface area contributed by atoms with Gasteiger partial charge in [-0.25, -0.2) is 0 Å². The Balaban J connectivity index is 1.68. The van der Waals surface area contributed by atoms with Crippen LogP contribution in [-0.2, 0) is 4.79 Å². The fraction of sp³-hybridized carbons (Fsp3) is 0.800. The van der Waals surface area contributed by atoms with E-state index in [1.54, 1.807) is 0 Å². The number of carbonyl (C=O) groups is 1. The van der Waals surface area contributed by atoms with Crippen molar-refractivity contribution < 1.29 is 4.79 Å². The monoisotopic (exact) mass is 220 g/mol. The molecule has 0 bridgehead atoms. The molecule has 2 aliphatic carbocycles. The first-order valence-corrected chi connectivity index (χ1v) is 7.01. The minimum atomic E-state index is 0.534. The van der Waals surface area contributed by atoms with Crippen molar-refractivity contribution in [3.05, 3.63) is 12.2 Å². The maximum Gasteiger partial charge on any atom is 0.133 e. The van der Waals surface area contributed by atoms with E-state index in [1.165, 1.54) is 44.9 Å². The summed E-state index contributed by atoms with van der Waals surface area (Å²) >= 11 is 0. The van der Waals surface area contributed by atoms with Crippen molar-refractivity contribution >= 4 is 5.78 Å². The van der Waals surface area contributed by atoms with E-state index in [0.29, 0.717) is 11.7 Å². The summed E-state index contributed by atoms with van der Waals surface area (Å²) in [6.07, 6.45) is 16.5. The highest BCUT2D eigenvalue weighted by molar-refractivity contribution is 5.78. The van der Waals surface area contributed by atoms with E-state index in [9.17, 15) is 4.79 Å². The predicted molar refractivity (Wildman–Crippen MR) is 67.3 cm³/mol. The summed E-state index contributed by atoms with van der Waals surface area (Å²) < 4.78 is 0. The first-order valence-electron chi connectivity index (χ1n) is 7.01. The minimum absolute atomic E-state index is 0.534. The first-order chi connectivity index (χ1) is 7.84. The van der Waals surface area contributed by atoms with Gasteiger partial charge in [0.25, 0.3) is 0 Å². The Labute approximate surface area is 99.3 Å². The second-order valence-corrected chi connectivity index (χ2v) is 5.60. The normalized spacial score (nSPS) is 26.9. The molecule has 2 aliphatic rings. The van der Waals surface area contributed by atoms with Gasteiger partial charge in [-0.05, 0) is 31.1 Å². The highest BCUT2D eigenvalue weighted by atomic mass is 16.1. The van der Waals surface area contributed by atoms with Crippen molar-refractivity contribution in [1.29, 1.82) is 0 Å². The summed E-state index contributed by atoms with van der Waals surface area (Å²) in [5, 5.41) is 0. The van der Waals surface area contributed by atoms with Gasteiger partial charge in [0.15, 0.2) is 0 Å². The fourth-order valence-corrected chi connectivity index (χ4v) is 3.16. The van der Waals surface area contributed by atoms with Crippen LogP contribution in [0.2, 0.25) is 0 Å². The summed E-state index contributed by atoms with van der Waals surface area (Å²) in [5.74, 6) is 1.91. The number of rotatable bonds is 4. The van der Waals surface area contributed by atoms with Crippen LogP contribution >= 0.6 is 0 Å². The summed E-state index contributed by atoms with van der Waals surface area (Å²) in [4.78, 5) is 12.0. The first kappa shape index (κ1) is 11.9. The van der Waals surface area contributed by atoms with Crippen LogP contribution in [-0.4, -0.2) is 5.78 Å². The second kappa shape index (κ2) is 6.22. The van der Waals surface area contributed by atoms with Crippen molar-refractivity contribution in [2.24, 2.45) is 11.8 Å². The Kier molecular flexibility index (Phi) is 4.62. The van der Waals surface area contributed by atoms with Crippen molar-refractivity contribution in [3.63, 3.8) is 0 Å². The molecule has 0 N–H and O–H groups in total. The standard InChI is InChI=1S/C15H24O/c16-15(11-13-7-3-1-4-8-13)12-14-9-5-2-6-10-14/h1,3,13-14H,2,4-12H2/t13-/m1/s1. The van der Waals surface area contributed by atoms with Crippen LogP contribution in [0.3, 0.4) is 0 Å². The summed E-state index contributed by atoms with van der Waals surface area (Å²) in [7, 11) is 0. The van der Waals surface area contributed by atoms with Gasteiger partial charge in [0.2, 0.25) is 0 Å². The Bertz CT molecular complexity index is 248. The molecular formula is C15H24O. The Hall–Kier alpha value is -0.590. The quantitative estimate of drug-likeness (QED) is 0.646. The molecule has 90 valence electrons. The van der Waals surface area contributed by atoms with Gasteiger partial charge in [-0.3, -0.25) is 4.79 Å². The Morgan fingerprint density at radius 2 is 1.69 bits per heavy atom. The van der Waals surface area contributed by atoms with Crippen LogP contribution in [0.5, 0.6) is 0 Å². The maximum absolute atomic E-state index is 12.0. The van der Waals surface area contributed by atoms with E-state index in [0.717, 1.165) is 25.2 Å². The Morgan fingerprint density at radius 3 is 2.38 bits per heavy atom. The van der Waals surface area contributed by atoms with E-state index in [2.05, 4.69) is 12.2 Å². The van der Waals surface area contributed by atoms with Crippen molar-refractivity contribution in [3.8, 4) is 0 Å². The van der Waals surface area contributed by atoms with Gasteiger partial charge in [0.05, 0.1) is 0 Å². The summed E-state index contributed by atoms with van der Waals surface area (Å²) in [6, 6.07) is 0. The highest BCUT2D eigenvalue weighted by Crippen LogP contribution is 2.28. The van der Waals surface area contributed by atoms with Gasteiger partial charge in [-0.2, -0.15) is 0 Å². The number of carbonyl (C=O) groups excluding carboxylic acids is 1. The molecule has 0 aliphatic heterocycles. The lowest BCUT2D eigenvalue weighted by molar-refractivity contribution is -0.121. The number of allylic oxidation sites excluding steroid dienone is 2. The van der Waals surface area contributed by atoms with Crippen LogP contribution in [0, 0.1) is 11.8 Å². The van der Waals surface area contributed by atoms with E-state index in [1.807, 2.05) is 0 Å². The zero-order chi connectivity index (χ0) is 11.2. The minimum Gasteiger partial charge on any atom is -0.300 e. The lowest BCUT2D eigenvalue weighted by Gasteiger charge is -2.22. The number of Topliss-reactive ketones (excluding diaryl/α,β-unsaturated/α-hetero) is 1. The molecular weight excluding hydrogens is 196 g/mol. The number of ketones is 1. The molecule has 0 heterocycles. The van der Waals surface area contributed by atoms with Crippen molar-refractivity contribution in [2.45, 2.75) is 64.2 Å². The van der Waals surface area contributed by atoms with Crippen molar-refractivity contribution in [2.75, 3.05) is 0 Å². The zero-order valence-electron chi connectivity index (χ0n) is 10.3. The molecule has 16 heavy (non-hydrogen) atoms. The fourth-order valence-electron chi connectivity index (χ4n) is 3.16. The van der Waals surface area contributed by atoms with Crippen LogP contribution in [0.15, 0.2) is 12.2 Å². The second-order valence-electron chi connectivity index (χ2n) is 5.60. The van der Waals surface area contributed by atoms with Gasteiger partial charge in [-0.1, -0.05) is 44.3 Å². The Morgan fingerprint density at radius 1 is 0.938 bits per heavy atom. The van der Waals surface area contributed by atoms with Crippen LogP contribution < -0.4 is 0 Å². The predicted octanol–water partition coefficient (Wildman–Crippen LogP) is 4.27. The van der Waals surface area contributed by atoms with Gasteiger partial charge in [-0.15, -0.1) is 0 Å². The zero-order valence-corrected chi connectivity index (χ0v) is 10.3. The smallest absolute Gasteiger partial charge is 0.133 e. The highest BCUT2D eigenvalue weighted by Gasteiger charge is 2.19. The molecule has 0 aromatic carbocycles. The molecule has 0 radical (unpaired) electrons. The molecule has 1 atom stereocenters. The molecule has 0 amide bonds. The van der Waals surface area contributed by atoms with Crippen LogP contribution in [0.1, 0.15) is 64.2 Å². The molecule has 0 unspecified atom stereocenters. The molecule has 1 nitrogen and oxygen atoms in total. The molecule has 0 spiro atoms. The third-order valence-electron chi connectivity index (χ3n) is 4.14. The van der Waals surface area contributed by atoms with Crippen LogP contribution in [0.4, 0.5) is 0 Å². The molecule has 0 saturated heterocycles. The maximum atomic E-state index is 12.0. The topological polar surface area (TPSA) is 17.1 Å². The van der Waals surface area contributed by atoms with E-state index in [4.69, 9.17) is 0 Å². The van der Waals surface area contributed by atoms with E-state index in [-0.39, 0.29) is 0 Å². The molecule has 2 rings (SSSR count). The van der Waals surface area contributed by atoms with Crippen LogP contribution in [0.25, 0.3) is 0 Å². The molecule has 1 heteroatoms. The van der Waals surface area contributed by atoms with Gasteiger partial charge < -0.3 is 0 Å². The molecule has 0 aromatic heterocycles. The SMILES string of the molecule is O=C(CC1CCCCC1)C[C@@H]1CC=CCC1. The molecule has 1 saturated carbocycles. The lowest BCUT2D eigenvalue weighted by atomic mass is 9.83. The van der Waals surface area contributed by atoms with E-state index >= 15 is 0 Å². The lowest BCUT2D eigenvalue weighted by Crippen LogP contribution is -2.15. The van der Waals surface area contributed by atoms with Crippen molar-refractivity contribution in [1.82, 2.24) is 0 Å². The third-order valence-corrected chi connectivity index (χ3v) is 4.14. The molecule has 0 aromatic rings. The van der Waals surface area contributed by atoms with Gasteiger partial charge >= 0.3 is 0 Å². The summed E-state index contributed by atoms with van der Waals surface area (Å²) in [6.45, 7) is 0. The average molecular weight is 220 g/mol. The van der Waals surface area contributed by atoms with Gasteiger partial charge in [0, 0.05) is 12.8 Å². The number of hydrogen-bond donors (Lipinski definition) is 0. The van der Waals surface area contributed by atoms with E-state index < -0.39 is 0 Å². The average Bonchev–Trinajstić information content (AvgIpc) is 2.31. The largest absolute Gasteiger partial charge is 0.300 e. The molecule has 1 fully saturated rings. The summed E-state index contributed by atoms with van der Waals surface area (Å²) in [5.41, 5.74) is 0. The number of hydrogen-bond acceptors (Lipinski definition) is 1. The van der Waals surface area contributed by atoms with Gasteiger partial charge in [0.1, 0.15) is 5.78 Å².